The quantitative estimate of drug-likeness (QED) is 0.692. The Kier molecular flexibility index (Phi) is 5.85. The van der Waals surface area contributed by atoms with E-state index < -0.39 is 0 Å². The van der Waals surface area contributed by atoms with E-state index in [9.17, 15) is 0 Å². The van der Waals surface area contributed by atoms with Gasteiger partial charge in [0.15, 0.2) is 0 Å². The summed E-state index contributed by atoms with van der Waals surface area (Å²) in [6.45, 7) is 9.16. The van der Waals surface area contributed by atoms with Crippen LogP contribution in [0.4, 0.5) is 11.6 Å². The number of nitrogens with zero attached hydrogens (tertiary/aromatic N) is 2. The molecule has 0 aliphatic carbocycles. The Balaban J connectivity index is 2.97. The summed E-state index contributed by atoms with van der Waals surface area (Å²) in [5.74, 6) is 2.58. The maximum atomic E-state index is 8.94. The molecule has 0 aliphatic heterocycles. The van der Waals surface area contributed by atoms with Gasteiger partial charge < -0.3 is 15.7 Å². The van der Waals surface area contributed by atoms with E-state index in [0.717, 1.165) is 36.0 Å². The molecule has 1 aromatic heterocycles. The molecular weight excluding hydrogens is 228 g/mol. The minimum absolute atomic E-state index is 0.180. The van der Waals surface area contributed by atoms with Gasteiger partial charge in [0, 0.05) is 31.2 Å². The number of rotatable bonds is 7. The first-order valence-corrected chi connectivity index (χ1v) is 6.61. The Morgan fingerprint density at radius 3 is 2.44 bits per heavy atom. The zero-order valence-corrected chi connectivity index (χ0v) is 11.7. The highest BCUT2D eigenvalue weighted by molar-refractivity contribution is 5.57. The van der Waals surface area contributed by atoms with Crippen LogP contribution in [0.15, 0.2) is 0 Å². The average molecular weight is 252 g/mol. The van der Waals surface area contributed by atoms with Crippen LogP contribution >= 0.6 is 0 Å². The molecule has 1 unspecified atom stereocenters. The van der Waals surface area contributed by atoms with Crippen molar-refractivity contribution in [1.29, 1.82) is 0 Å². The minimum Gasteiger partial charge on any atom is -0.396 e. The van der Waals surface area contributed by atoms with E-state index >= 15 is 0 Å². The molecular formula is C13H24N4O. The van der Waals surface area contributed by atoms with Crippen molar-refractivity contribution in [2.24, 2.45) is 0 Å². The Morgan fingerprint density at radius 2 is 1.89 bits per heavy atom. The third-order valence-corrected chi connectivity index (χ3v) is 2.80. The van der Waals surface area contributed by atoms with Gasteiger partial charge in [-0.15, -0.1) is 0 Å². The highest BCUT2D eigenvalue weighted by Crippen LogP contribution is 2.21. The molecule has 1 aromatic rings. The fourth-order valence-electron chi connectivity index (χ4n) is 1.70. The fourth-order valence-corrected chi connectivity index (χ4v) is 1.70. The number of aryl methyl sites for hydroxylation is 1. The lowest BCUT2D eigenvalue weighted by Gasteiger charge is -2.18. The zero-order valence-electron chi connectivity index (χ0n) is 11.7. The van der Waals surface area contributed by atoms with Gasteiger partial charge in [-0.2, -0.15) is 0 Å². The molecule has 0 fully saturated rings. The Bertz CT molecular complexity index is 381. The number of anilines is 2. The summed E-state index contributed by atoms with van der Waals surface area (Å²) in [4.78, 5) is 8.99. The van der Waals surface area contributed by atoms with Crippen LogP contribution in [0, 0.1) is 6.92 Å². The van der Waals surface area contributed by atoms with Gasteiger partial charge in [0.25, 0.3) is 0 Å². The second kappa shape index (κ2) is 7.16. The predicted molar refractivity (Wildman–Crippen MR) is 75.1 cm³/mol. The highest BCUT2D eigenvalue weighted by Gasteiger charge is 2.11. The Morgan fingerprint density at radius 1 is 1.22 bits per heavy atom. The molecule has 0 aliphatic rings. The number of hydrogen-bond acceptors (Lipinski definition) is 5. The van der Waals surface area contributed by atoms with Crippen molar-refractivity contribution < 1.29 is 5.11 Å². The molecule has 0 saturated heterocycles. The molecule has 102 valence electrons. The van der Waals surface area contributed by atoms with Crippen LogP contribution in [-0.2, 0) is 6.42 Å². The van der Waals surface area contributed by atoms with Crippen molar-refractivity contribution in [3.05, 3.63) is 11.4 Å². The van der Waals surface area contributed by atoms with E-state index in [4.69, 9.17) is 5.11 Å². The highest BCUT2D eigenvalue weighted by atomic mass is 16.3. The van der Waals surface area contributed by atoms with E-state index in [2.05, 4.69) is 27.5 Å². The van der Waals surface area contributed by atoms with Gasteiger partial charge >= 0.3 is 0 Å². The van der Waals surface area contributed by atoms with Gasteiger partial charge in [-0.05, 0) is 27.2 Å². The lowest BCUT2D eigenvalue weighted by atomic mass is 10.2. The van der Waals surface area contributed by atoms with Gasteiger partial charge in [0.2, 0.25) is 0 Å². The molecule has 5 heteroatoms. The Labute approximate surface area is 109 Å². The lowest BCUT2D eigenvalue weighted by molar-refractivity contribution is 0.282. The maximum absolute atomic E-state index is 8.94. The molecule has 0 radical (unpaired) electrons. The van der Waals surface area contributed by atoms with Crippen LogP contribution in [0.1, 0.15) is 38.6 Å². The first-order valence-electron chi connectivity index (χ1n) is 6.61. The molecule has 0 spiro atoms. The molecule has 18 heavy (non-hydrogen) atoms. The lowest BCUT2D eigenvalue weighted by Crippen LogP contribution is -2.20. The van der Waals surface area contributed by atoms with Crippen molar-refractivity contribution in [1.82, 2.24) is 9.97 Å². The summed E-state index contributed by atoms with van der Waals surface area (Å²) in [5, 5.41) is 15.5. The first-order chi connectivity index (χ1) is 8.62. The van der Waals surface area contributed by atoms with Gasteiger partial charge in [-0.1, -0.05) is 6.92 Å². The molecule has 0 aromatic carbocycles. The van der Waals surface area contributed by atoms with Crippen molar-refractivity contribution in [3.63, 3.8) is 0 Å². The second-order valence-corrected chi connectivity index (χ2v) is 4.40. The van der Waals surface area contributed by atoms with Crippen LogP contribution in [0.2, 0.25) is 0 Å². The van der Waals surface area contributed by atoms with Crippen molar-refractivity contribution >= 4 is 11.6 Å². The first kappa shape index (κ1) is 14.7. The fraction of sp³-hybridized carbons (Fsp3) is 0.692. The SMILES string of the molecule is CCNc1nc(CC)nc(NC(C)CCO)c1C. The van der Waals surface area contributed by atoms with E-state index in [0.29, 0.717) is 6.42 Å². The summed E-state index contributed by atoms with van der Waals surface area (Å²) >= 11 is 0. The monoisotopic (exact) mass is 252 g/mol. The largest absolute Gasteiger partial charge is 0.396 e. The van der Waals surface area contributed by atoms with Crippen molar-refractivity contribution in [2.75, 3.05) is 23.8 Å². The summed E-state index contributed by atoms with van der Waals surface area (Å²) in [6, 6.07) is 0.197. The van der Waals surface area contributed by atoms with Crippen LogP contribution in [0.25, 0.3) is 0 Å². The van der Waals surface area contributed by atoms with Crippen LogP contribution in [-0.4, -0.2) is 34.3 Å². The molecule has 0 amide bonds. The maximum Gasteiger partial charge on any atom is 0.134 e. The molecule has 1 rings (SSSR count). The smallest absolute Gasteiger partial charge is 0.134 e. The molecule has 0 saturated carbocycles. The minimum atomic E-state index is 0.180. The number of nitrogens with one attached hydrogen (secondary N) is 2. The Hall–Kier alpha value is -1.36. The summed E-state index contributed by atoms with van der Waals surface area (Å²) in [5.41, 5.74) is 1.03. The third kappa shape index (κ3) is 3.84. The molecule has 1 atom stereocenters. The van der Waals surface area contributed by atoms with E-state index in [-0.39, 0.29) is 12.6 Å². The molecule has 3 N–H and O–H groups in total. The standard InChI is InChI=1S/C13H24N4O/c1-5-11-16-12(14-6-2)10(4)13(17-11)15-9(3)7-8-18/h9,18H,5-8H2,1-4H3,(H2,14,15,16,17). The number of aliphatic hydroxyl groups excluding tert-OH is 1. The van der Waals surface area contributed by atoms with Crippen LogP contribution in [0.5, 0.6) is 0 Å². The summed E-state index contributed by atoms with van der Waals surface area (Å²) < 4.78 is 0. The number of hydrogen-bond donors (Lipinski definition) is 3. The average Bonchev–Trinajstić information content (AvgIpc) is 2.34. The van der Waals surface area contributed by atoms with E-state index in [1.807, 2.05) is 20.8 Å². The van der Waals surface area contributed by atoms with Gasteiger partial charge in [0.05, 0.1) is 0 Å². The molecule has 5 nitrogen and oxygen atoms in total. The van der Waals surface area contributed by atoms with Crippen LogP contribution < -0.4 is 10.6 Å². The molecule has 0 bridgehead atoms. The summed E-state index contributed by atoms with van der Waals surface area (Å²) in [7, 11) is 0. The van der Waals surface area contributed by atoms with Crippen molar-refractivity contribution in [2.45, 2.75) is 46.6 Å². The van der Waals surface area contributed by atoms with E-state index in [1.54, 1.807) is 0 Å². The van der Waals surface area contributed by atoms with Gasteiger partial charge in [-0.25, -0.2) is 9.97 Å². The van der Waals surface area contributed by atoms with Gasteiger partial charge in [0.1, 0.15) is 17.5 Å². The second-order valence-electron chi connectivity index (χ2n) is 4.40. The predicted octanol–water partition coefficient (Wildman–Crippen LogP) is 1.96. The normalized spacial score (nSPS) is 12.3. The zero-order chi connectivity index (χ0) is 13.5. The molecule has 1 heterocycles. The van der Waals surface area contributed by atoms with Crippen LogP contribution in [0.3, 0.4) is 0 Å². The van der Waals surface area contributed by atoms with Gasteiger partial charge in [-0.3, -0.25) is 0 Å². The number of aromatic nitrogens is 2. The summed E-state index contributed by atoms with van der Waals surface area (Å²) in [6.07, 6.45) is 1.52. The van der Waals surface area contributed by atoms with E-state index in [1.165, 1.54) is 0 Å². The third-order valence-electron chi connectivity index (χ3n) is 2.80. The van der Waals surface area contributed by atoms with Crippen molar-refractivity contribution in [3.8, 4) is 0 Å². The number of aliphatic hydroxyl groups is 1. The topological polar surface area (TPSA) is 70.1 Å².